The Balaban J connectivity index is 1.78. The lowest BCUT2D eigenvalue weighted by Crippen LogP contribution is -2.50. The molecule has 0 heterocycles. The molecule has 31 heavy (non-hydrogen) atoms. The second kappa shape index (κ2) is 10.6. The van der Waals surface area contributed by atoms with Gasteiger partial charge < -0.3 is 10.2 Å². The van der Waals surface area contributed by atoms with Crippen LogP contribution < -0.4 is 5.32 Å². The van der Waals surface area contributed by atoms with Crippen LogP contribution in [0.2, 0.25) is 0 Å². The van der Waals surface area contributed by atoms with Gasteiger partial charge in [0.25, 0.3) is 0 Å². The highest BCUT2D eigenvalue weighted by molar-refractivity contribution is 5.88. The van der Waals surface area contributed by atoms with E-state index in [1.54, 1.807) is 25.1 Å². The number of aryl methyl sites for hydroxylation is 2. The first-order chi connectivity index (χ1) is 14.8. The van der Waals surface area contributed by atoms with Crippen molar-refractivity contribution in [3.05, 3.63) is 70.5 Å². The second-order valence-corrected chi connectivity index (χ2v) is 8.73. The zero-order chi connectivity index (χ0) is 22.4. The summed E-state index contributed by atoms with van der Waals surface area (Å²) in [5, 5.41) is 3.11. The Morgan fingerprint density at radius 1 is 1.06 bits per heavy atom. The number of benzene rings is 2. The highest BCUT2D eigenvalue weighted by atomic mass is 19.1. The van der Waals surface area contributed by atoms with Gasteiger partial charge in [-0.25, -0.2) is 4.39 Å². The normalized spacial score (nSPS) is 15.4. The molecular weight excluding hydrogens is 391 g/mol. The first kappa shape index (κ1) is 23.0. The van der Waals surface area contributed by atoms with Gasteiger partial charge in [0.05, 0.1) is 6.42 Å². The van der Waals surface area contributed by atoms with Crippen molar-refractivity contribution in [1.29, 1.82) is 0 Å². The van der Waals surface area contributed by atoms with Crippen molar-refractivity contribution in [2.45, 2.75) is 77.9 Å². The van der Waals surface area contributed by atoms with Crippen LogP contribution in [0.4, 0.5) is 4.39 Å². The van der Waals surface area contributed by atoms with Gasteiger partial charge in [0.1, 0.15) is 11.9 Å². The van der Waals surface area contributed by atoms with E-state index in [0.29, 0.717) is 5.56 Å². The Morgan fingerprint density at radius 3 is 2.45 bits per heavy atom. The van der Waals surface area contributed by atoms with Crippen LogP contribution in [-0.4, -0.2) is 28.8 Å². The van der Waals surface area contributed by atoms with Crippen LogP contribution in [0.15, 0.2) is 42.5 Å². The molecule has 3 rings (SSSR count). The van der Waals surface area contributed by atoms with Crippen LogP contribution in [-0.2, 0) is 22.6 Å². The lowest BCUT2D eigenvalue weighted by Gasteiger charge is -2.31. The minimum Gasteiger partial charge on any atom is -0.352 e. The van der Waals surface area contributed by atoms with Crippen molar-refractivity contribution in [2.75, 3.05) is 0 Å². The van der Waals surface area contributed by atoms with Gasteiger partial charge in [-0.05, 0) is 56.4 Å². The molecule has 0 radical (unpaired) electrons. The van der Waals surface area contributed by atoms with Crippen LogP contribution in [0.1, 0.15) is 61.3 Å². The van der Waals surface area contributed by atoms with Crippen molar-refractivity contribution < 1.29 is 14.0 Å². The number of carbonyl (C=O) groups excluding carboxylic acids is 2. The maximum Gasteiger partial charge on any atom is 0.242 e. The molecule has 1 atom stereocenters. The van der Waals surface area contributed by atoms with E-state index in [1.165, 1.54) is 23.0 Å². The van der Waals surface area contributed by atoms with E-state index in [2.05, 4.69) is 5.32 Å². The van der Waals surface area contributed by atoms with Crippen molar-refractivity contribution in [1.82, 2.24) is 10.2 Å². The zero-order valence-corrected chi connectivity index (χ0v) is 18.8. The molecule has 2 aromatic rings. The first-order valence-corrected chi connectivity index (χ1v) is 11.2. The lowest BCUT2D eigenvalue weighted by molar-refractivity contribution is -0.140. The fourth-order valence-corrected chi connectivity index (χ4v) is 4.15. The van der Waals surface area contributed by atoms with Gasteiger partial charge in [-0.3, -0.25) is 9.59 Å². The quantitative estimate of drug-likeness (QED) is 0.691. The van der Waals surface area contributed by atoms with Gasteiger partial charge in [0.15, 0.2) is 0 Å². The molecule has 1 fully saturated rings. The smallest absolute Gasteiger partial charge is 0.242 e. The van der Waals surface area contributed by atoms with Crippen LogP contribution in [0.5, 0.6) is 0 Å². The van der Waals surface area contributed by atoms with Crippen molar-refractivity contribution in [2.24, 2.45) is 0 Å². The van der Waals surface area contributed by atoms with E-state index < -0.39 is 6.04 Å². The predicted molar refractivity (Wildman–Crippen MR) is 121 cm³/mol. The molecule has 2 aromatic carbocycles. The maximum atomic E-state index is 14.3. The van der Waals surface area contributed by atoms with E-state index >= 15 is 0 Å². The molecule has 0 saturated heterocycles. The van der Waals surface area contributed by atoms with Gasteiger partial charge >= 0.3 is 0 Å². The molecule has 0 unspecified atom stereocenters. The fraction of sp³-hybridized carbons (Fsp3) is 0.462. The third-order valence-corrected chi connectivity index (χ3v) is 6.34. The fourth-order valence-electron chi connectivity index (χ4n) is 4.15. The highest BCUT2D eigenvalue weighted by Crippen LogP contribution is 2.19. The third-order valence-electron chi connectivity index (χ3n) is 6.34. The lowest BCUT2D eigenvalue weighted by atomic mass is 9.95. The van der Waals surface area contributed by atoms with Crippen molar-refractivity contribution in [3.8, 4) is 0 Å². The summed E-state index contributed by atoms with van der Waals surface area (Å²) in [6.45, 7) is 5.84. The number of carbonyl (C=O) groups is 2. The van der Waals surface area contributed by atoms with Gasteiger partial charge in [-0.2, -0.15) is 0 Å². The number of hydrogen-bond donors (Lipinski definition) is 1. The molecular formula is C26H33FN2O2. The molecule has 1 aliphatic rings. The number of nitrogens with one attached hydrogen (secondary N) is 1. The average molecular weight is 425 g/mol. The summed E-state index contributed by atoms with van der Waals surface area (Å²) >= 11 is 0. The number of halogens is 1. The molecule has 5 heteroatoms. The molecule has 4 nitrogen and oxygen atoms in total. The zero-order valence-electron chi connectivity index (χ0n) is 18.8. The van der Waals surface area contributed by atoms with Crippen molar-refractivity contribution in [3.63, 3.8) is 0 Å². The molecule has 166 valence electrons. The Morgan fingerprint density at radius 2 is 1.77 bits per heavy atom. The summed E-state index contributed by atoms with van der Waals surface area (Å²) < 4.78 is 14.3. The van der Waals surface area contributed by atoms with Crippen LogP contribution >= 0.6 is 0 Å². The third kappa shape index (κ3) is 6.16. The monoisotopic (exact) mass is 424 g/mol. The second-order valence-electron chi connectivity index (χ2n) is 8.73. The Labute approximate surface area is 184 Å². The molecule has 1 N–H and O–H groups in total. The first-order valence-electron chi connectivity index (χ1n) is 11.2. The summed E-state index contributed by atoms with van der Waals surface area (Å²) in [6.07, 6.45) is 5.56. The molecule has 0 bridgehead atoms. The summed E-state index contributed by atoms with van der Waals surface area (Å²) in [7, 11) is 0. The van der Waals surface area contributed by atoms with Gasteiger partial charge in [-0.1, -0.05) is 55.7 Å². The van der Waals surface area contributed by atoms with E-state index in [0.717, 1.165) is 36.8 Å². The summed E-state index contributed by atoms with van der Waals surface area (Å²) in [5.41, 5.74) is 3.59. The maximum absolute atomic E-state index is 14.3. The summed E-state index contributed by atoms with van der Waals surface area (Å²) in [5.74, 6) is -0.721. The van der Waals surface area contributed by atoms with Crippen LogP contribution in [0.3, 0.4) is 0 Å². The molecule has 0 spiro atoms. The van der Waals surface area contributed by atoms with Crippen LogP contribution in [0.25, 0.3) is 0 Å². The van der Waals surface area contributed by atoms with E-state index in [1.807, 2.05) is 32.0 Å². The molecule has 0 aromatic heterocycles. The molecule has 0 aliphatic heterocycles. The molecule has 2 amide bonds. The SMILES string of the molecule is Cc1ccc(CC(=O)N(Cc2ccccc2F)[C@@H](C)C(=O)NC2CCCCC2)cc1C. The average Bonchev–Trinajstić information content (AvgIpc) is 2.76. The largest absolute Gasteiger partial charge is 0.352 e. The van der Waals surface area contributed by atoms with E-state index in [-0.39, 0.29) is 36.6 Å². The minimum atomic E-state index is -0.680. The Bertz CT molecular complexity index is 921. The van der Waals surface area contributed by atoms with Gasteiger partial charge in [0, 0.05) is 18.2 Å². The summed E-state index contributed by atoms with van der Waals surface area (Å²) in [4.78, 5) is 27.8. The standard InChI is InChI=1S/C26H33FN2O2/c1-18-13-14-21(15-19(18)2)16-25(30)29(17-22-9-7-8-12-24(22)27)20(3)26(31)28-23-10-5-4-6-11-23/h7-9,12-15,20,23H,4-6,10-11,16-17H2,1-3H3,(H,28,31)/t20-/m0/s1. The Hall–Kier alpha value is -2.69. The minimum absolute atomic E-state index is 0.0651. The Kier molecular flexibility index (Phi) is 7.83. The van der Waals surface area contributed by atoms with E-state index in [9.17, 15) is 14.0 Å². The van der Waals surface area contributed by atoms with E-state index in [4.69, 9.17) is 0 Å². The number of amides is 2. The number of nitrogens with zero attached hydrogens (tertiary/aromatic N) is 1. The summed E-state index contributed by atoms with van der Waals surface area (Å²) in [6, 6.07) is 11.8. The molecule has 1 aliphatic carbocycles. The number of hydrogen-bond acceptors (Lipinski definition) is 2. The topological polar surface area (TPSA) is 49.4 Å². The van der Waals surface area contributed by atoms with Crippen molar-refractivity contribution >= 4 is 11.8 Å². The van der Waals surface area contributed by atoms with Gasteiger partial charge in [-0.15, -0.1) is 0 Å². The predicted octanol–water partition coefficient (Wildman–Crippen LogP) is 4.85. The van der Waals surface area contributed by atoms with Crippen LogP contribution in [0, 0.1) is 19.7 Å². The van der Waals surface area contributed by atoms with Gasteiger partial charge in [0.2, 0.25) is 11.8 Å². The highest BCUT2D eigenvalue weighted by Gasteiger charge is 2.28. The number of rotatable bonds is 7. The molecule has 1 saturated carbocycles.